The van der Waals surface area contributed by atoms with E-state index < -0.39 is 11.9 Å². The van der Waals surface area contributed by atoms with Crippen molar-refractivity contribution in [2.24, 2.45) is 0 Å². The second kappa shape index (κ2) is 4.70. The Morgan fingerprint density at radius 1 is 1.39 bits per heavy atom. The molecule has 2 aromatic heterocycles. The number of nitrogens with one attached hydrogen (secondary N) is 1. The van der Waals surface area contributed by atoms with Crippen LogP contribution >= 0.6 is 0 Å². The molecule has 0 bridgehead atoms. The molecule has 0 radical (unpaired) electrons. The minimum absolute atomic E-state index is 0.149. The zero-order chi connectivity index (χ0) is 13.1. The molecule has 0 spiro atoms. The zero-order valence-corrected chi connectivity index (χ0v) is 9.51. The van der Waals surface area contributed by atoms with Gasteiger partial charge in [-0.3, -0.25) is 4.79 Å². The summed E-state index contributed by atoms with van der Waals surface area (Å²) in [6.45, 7) is 1.65. The molecule has 92 valence electrons. The van der Waals surface area contributed by atoms with E-state index in [4.69, 9.17) is 9.52 Å². The van der Waals surface area contributed by atoms with E-state index in [0.29, 0.717) is 11.3 Å². The molecule has 0 fully saturated rings. The lowest BCUT2D eigenvalue weighted by atomic mass is 10.2. The van der Waals surface area contributed by atoms with Crippen LogP contribution in [0.3, 0.4) is 0 Å². The van der Waals surface area contributed by atoms with Crippen molar-refractivity contribution in [3.63, 3.8) is 0 Å². The molecule has 0 aliphatic rings. The third-order valence-electron chi connectivity index (χ3n) is 2.36. The standard InChI is InChI=1S/C12H10N2O4/c1-7-8(4-6-18-7)11(15)14-9-3-2-5-13-10(9)12(16)17/h2-6H,1H3,(H,14,15)(H,16,17). The molecular weight excluding hydrogens is 236 g/mol. The summed E-state index contributed by atoms with van der Waals surface area (Å²) in [7, 11) is 0. The van der Waals surface area contributed by atoms with Gasteiger partial charge in [0.05, 0.1) is 17.5 Å². The monoisotopic (exact) mass is 246 g/mol. The summed E-state index contributed by atoms with van der Waals surface area (Å²) in [5.74, 6) is -1.17. The Hall–Kier alpha value is -2.63. The predicted octanol–water partition coefficient (Wildman–Crippen LogP) is 1.93. The van der Waals surface area contributed by atoms with Gasteiger partial charge in [-0.15, -0.1) is 0 Å². The van der Waals surface area contributed by atoms with Crippen molar-refractivity contribution in [2.75, 3.05) is 5.32 Å². The van der Waals surface area contributed by atoms with Crippen LogP contribution in [-0.4, -0.2) is 22.0 Å². The lowest BCUT2D eigenvalue weighted by Gasteiger charge is -2.06. The molecule has 0 saturated carbocycles. The molecule has 0 atom stereocenters. The quantitative estimate of drug-likeness (QED) is 0.863. The molecule has 0 aliphatic carbocycles. The topological polar surface area (TPSA) is 92.4 Å². The van der Waals surface area contributed by atoms with Gasteiger partial charge >= 0.3 is 5.97 Å². The largest absolute Gasteiger partial charge is 0.476 e. The molecule has 2 N–H and O–H groups in total. The number of nitrogens with zero attached hydrogens (tertiary/aromatic N) is 1. The molecule has 2 rings (SSSR count). The number of carboxylic acid groups (broad SMARTS) is 1. The van der Waals surface area contributed by atoms with Gasteiger partial charge in [0.2, 0.25) is 0 Å². The number of amides is 1. The van der Waals surface area contributed by atoms with Crippen molar-refractivity contribution in [2.45, 2.75) is 6.92 Å². The third kappa shape index (κ3) is 2.22. The van der Waals surface area contributed by atoms with Gasteiger partial charge in [-0.2, -0.15) is 0 Å². The summed E-state index contributed by atoms with van der Waals surface area (Å²) in [5.41, 5.74) is 0.304. The fraction of sp³-hybridized carbons (Fsp3) is 0.0833. The number of carbonyl (C=O) groups is 2. The first kappa shape index (κ1) is 11.8. The maximum absolute atomic E-state index is 11.9. The summed E-state index contributed by atoms with van der Waals surface area (Å²) in [5, 5.41) is 11.4. The molecular formula is C12H10N2O4. The van der Waals surface area contributed by atoms with Gasteiger partial charge in [-0.1, -0.05) is 0 Å². The van der Waals surface area contributed by atoms with E-state index in [1.807, 2.05) is 0 Å². The zero-order valence-electron chi connectivity index (χ0n) is 9.51. The number of rotatable bonds is 3. The van der Waals surface area contributed by atoms with E-state index in [1.165, 1.54) is 24.6 Å². The first-order valence-corrected chi connectivity index (χ1v) is 5.13. The number of carbonyl (C=O) groups excluding carboxylic acids is 1. The van der Waals surface area contributed by atoms with Gasteiger partial charge < -0.3 is 14.8 Å². The molecule has 0 unspecified atom stereocenters. The number of pyridine rings is 1. The highest BCUT2D eigenvalue weighted by Gasteiger charge is 2.16. The van der Waals surface area contributed by atoms with Crippen molar-refractivity contribution in [3.8, 4) is 0 Å². The number of aryl methyl sites for hydroxylation is 1. The lowest BCUT2D eigenvalue weighted by molar-refractivity contribution is 0.0692. The van der Waals surface area contributed by atoms with Crippen LogP contribution in [0, 0.1) is 6.92 Å². The molecule has 2 heterocycles. The summed E-state index contributed by atoms with van der Waals surface area (Å²) in [4.78, 5) is 26.5. The molecule has 6 heteroatoms. The van der Waals surface area contributed by atoms with Crippen LogP contribution in [-0.2, 0) is 0 Å². The molecule has 6 nitrogen and oxygen atoms in total. The van der Waals surface area contributed by atoms with Crippen LogP contribution < -0.4 is 5.32 Å². The number of anilines is 1. The van der Waals surface area contributed by atoms with Crippen LogP contribution in [0.1, 0.15) is 26.6 Å². The molecule has 0 aromatic carbocycles. The summed E-state index contributed by atoms with van der Waals surface area (Å²) < 4.78 is 5.01. The van der Waals surface area contributed by atoms with Crippen molar-refractivity contribution in [1.29, 1.82) is 0 Å². The van der Waals surface area contributed by atoms with Crippen molar-refractivity contribution in [3.05, 3.63) is 47.7 Å². The maximum atomic E-state index is 11.9. The van der Waals surface area contributed by atoms with Crippen LogP contribution in [0.15, 0.2) is 35.1 Å². The van der Waals surface area contributed by atoms with E-state index >= 15 is 0 Å². The fourth-order valence-electron chi connectivity index (χ4n) is 1.49. The number of aromatic nitrogens is 1. The molecule has 2 aromatic rings. The first-order valence-electron chi connectivity index (χ1n) is 5.13. The summed E-state index contributed by atoms with van der Waals surface area (Å²) in [6.07, 6.45) is 2.74. The van der Waals surface area contributed by atoms with Gasteiger partial charge in [-0.25, -0.2) is 9.78 Å². The average Bonchev–Trinajstić information content (AvgIpc) is 2.76. The van der Waals surface area contributed by atoms with E-state index in [1.54, 1.807) is 13.0 Å². The smallest absolute Gasteiger partial charge is 0.356 e. The van der Waals surface area contributed by atoms with Crippen molar-refractivity contribution < 1.29 is 19.1 Å². The Morgan fingerprint density at radius 2 is 2.17 bits per heavy atom. The Kier molecular flexibility index (Phi) is 3.09. The molecule has 18 heavy (non-hydrogen) atoms. The number of hydrogen-bond donors (Lipinski definition) is 2. The third-order valence-corrected chi connectivity index (χ3v) is 2.36. The Labute approximate surface area is 102 Å². The minimum atomic E-state index is -1.20. The van der Waals surface area contributed by atoms with Crippen LogP contribution in [0.4, 0.5) is 5.69 Å². The molecule has 0 aliphatic heterocycles. The van der Waals surface area contributed by atoms with Gasteiger partial charge in [0.1, 0.15) is 5.76 Å². The second-order valence-electron chi connectivity index (χ2n) is 3.55. The Balaban J connectivity index is 2.28. The van der Waals surface area contributed by atoms with Crippen LogP contribution in [0.25, 0.3) is 0 Å². The highest BCUT2D eigenvalue weighted by molar-refractivity contribution is 6.07. The van der Waals surface area contributed by atoms with Crippen LogP contribution in [0.5, 0.6) is 0 Å². The summed E-state index contributed by atoms with van der Waals surface area (Å²) in [6, 6.07) is 4.54. The normalized spacial score (nSPS) is 10.1. The highest BCUT2D eigenvalue weighted by Crippen LogP contribution is 2.15. The maximum Gasteiger partial charge on any atom is 0.356 e. The SMILES string of the molecule is Cc1occc1C(=O)Nc1cccnc1C(=O)O. The van der Waals surface area contributed by atoms with Gasteiger partial charge in [0, 0.05) is 6.20 Å². The number of carboxylic acids is 1. The van der Waals surface area contributed by atoms with Crippen molar-refractivity contribution in [1.82, 2.24) is 4.98 Å². The Morgan fingerprint density at radius 3 is 2.78 bits per heavy atom. The number of hydrogen-bond acceptors (Lipinski definition) is 4. The van der Waals surface area contributed by atoms with Gasteiger partial charge in [0.15, 0.2) is 5.69 Å². The van der Waals surface area contributed by atoms with E-state index in [0.717, 1.165) is 0 Å². The lowest BCUT2D eigenvalue weighted by Crippen LogP contribution is -2.15. The fourth-order valence-corrected chi connectivity index (χ4v) is 1.49. The van der Waals surface area contributed by atoms with E-state index in [2.05, 4.69) is 10.3 Å². The molecule has 1 amide bonds. The second-order valence-corrected chi connectivity index (χ2v) is 3.55. The average molecular weight is 246 g/mol. The predicted molar refractivity (Wildman–Crippen MR) is 62.6 cm³/mol. The van der Waals surface area contributed by atoms with E-state index in [-0.39, 0.29) is 11.4 Å². The highest BCUT2D eigenvalue weighted by atomic mass is 16.4. The van der Waals surface area contributed by atoms with Crippen LogP contribution in [0.2, 0.25) is 0 Å². The minimum Gasteiger partial charge on any atom is -0.476 e. The van der Waals surface area contributed by atoms with Gasteiger partial charge in [0.25, 0.3) is 5.91 Å². The Bertz CT molecular complexity index is 604. The summed E-state index contributed by atoms with van der Waals surface area (Å²) >= 11 is 0. The van der Waals surface area contributed by atoms with Gasteiger partial charge in [-0.05, 0) is 25.1 Å². The molecule has 0 saturated heterocycles. The number of furan rings is 1. The first-order chi connectivity index (χ1) is 8.59. The van der Waals surface area contributed by atoms with Crippen molar-refractivity contribution >= 4 is 17.6 Å². The number of aromatic carboxylic acids is 1. The van der Waals surface area contributed by atoms with E-state index in [9.17, 15) is 9.59 Å².